The predicted molar refractivity (Wildman–Crippen MR) is 95.6 cm³/mol. The molecule has 1 aromatic carbocycles. The molecule has 0 saturated carbocycles. The molecule has 6 heteroatoms. The fourth-order valence-electron chi connectivity index (χ4n) is 2.45. The molecule has 0 fully saturated rings. The van der Waals surface area contributed by atoms with Gasteiger partial charge in [-0.15, -0.1) is 11.2 Å². The van der Waals surface area contributed by atoms with Crippen molar-refractivity contribution in [3.8, 4) is 28.7 Å². The molecular weight excluding hydrogens is 320 g/mol. The maximum absolute atomic E-state index is 12.8. The van der Waals surface area contributed by atoms with Crippen molar-refractivity contribution in [1.82, 2.24) is 14.8 Å². The van der Waals surface area contributed by atoms with E-state index < -0.39 is 0 Å². The average molecular weight is 335 g/mol. The van der Waals surface area contributed by atoms with Gasteiger partial charge in [0.1, 0.15) is 0 Å². The van der Waals surface area contributed by atoms with E-state index in [9.17, 15) is 4.79 Å². The van der Waals surface area contributed by atoms with Gasteiger partial charge in [0, 0.05) is 11.9 Å². The van der Waals surface area contributed by atoms with E-state index in [0.29, 0.717) is 16.9 Å². The number of aromatic nitrogens is 3. The summed E-state index contributed by atoms with van der Waals surface area (Å²) in [6.45, 7) is 1.84. The first kappa shape index (κ1) is 15.9. The molecule has 0 amide bonds. The van der Waals surface area contributed by atoms with Crippen LogP contribution in [-0.2, 0) is 10.3 Å². The van der Waals surface area contributed by atoms with Gasteiger partial charge in [0.05, 0.1) is 17.2 Å². The van der Waals surface area contributed by atoms with E-state index in [2.05, 4.69) is 16.2 Å². The van der Waals surface area contributed by atoms with E-state index in [4.69, 9.17) is 10.9 Å². The van der Waals surface area contributed by atoms with Crippen molar-refractivity contribution in [2.75, 3.05) is 6.26 Å². The number of hydrogen-bond donors (Lipinski definition) is 1. The standard InChI is InChI=1S/C18H15N4OS/c1-12-17(14-6-4-13(10-19)5-7-14)18(23)22(21-12)16-9-8-15(11-20-16)24(2)3/h2,4-9,11,21H,1,3H3/q-1. The molecule has 5 nitrogen and oxygen atoms in total. The molecule has 3 rings (SSSR count). The number of benzene rings is 1. The van der Waals surface area contributed by atoms with Crippen molar-refractivity contribution >= 4 is 10.3 Å². The molecule has 0 saturated heterocycles. The molecule has 0 unspecified atom stereocenters. The number of hydrogen-bond acceptors (Lipinski definition) is 4. The van der Waals surface area contributed by atoms with Crippen molar-refractivity contribution in [3.05, 3.63) is 64.2 Å². The molecule has 3 aromatic rings. The number of pyridine rings is 1. The molecular formula is C18H15N4OS-. The molecule has 0 radical (unpaired) electrons. The first-order chi connectivity index (χ1) is 11.5. The summed E-state index contributed by atoms with van der Waals surface area (Å²) in [6.07, 6.45) is 3.59. The van der Waals surface area contributed by atoms with E-state index in [1.54, 1.807) is 36.5 Å². The minimum absolute atomic E-state index is 0.180. The largest absolute Gasteiger partial charge is 0.431 e. The Morgan fingerprint density at radius 1 is 1.25 bits per heavy atom. The summed E-state index contributed by atoms with van der Waals surface area (Å²) in [5.41, 5.74) is 8.30. The van der Waals surface area contributed by atoms with Gasteiger partial charge in [-0.2, -0.15) is 5.26 Å². The maximum atomic E-state index is 12.8. The van der Waals surface area contributed by atoms with Crippen molar-refractivity contribution in [2.45, 2.75) is 11.8 Å². The molecule has 120 valence electrons. The third kappa shape index (κ3) is 2.79. The van der Waals surface area contributed by atoms with Crippen molar-refractivity contribution < 1.29 is 0 Å². The zero-order valence-corrected chi connectivity index (χ0v) is 14.1. The second-order valence-electron chi connectivity index (χ2n) is 5.35. The third-order valence-corrected chi connectivity index (χ3v) is 4.68. The van der Waals surface area contributed by atoms with Gasteiger partial charge in [-0.05, 0) is 30.7 Å². The van der Waals surface area contributed by atoms with Crippen LogP contribution in [0.2, 0.25) is 0 Å². The lowest BCUT2D eigenvalue weighted by molar-refractivity contribution is 0.804. The molecule has 0 aliphatic rings. The second-order valence-corrected chi connectivity index (χ2v) is 6.94. The zero-order chi connectivity index (χ0) is 17.3. The van der Waals surface area contributed by atoms with Crippen LogP contribution in [0.25, 0.3) is 16.9 Å². The number of nitrogens with zero attached hydrogens (tertiary/aromatic N) is 3. The Labute approximate surface area is 141 Å². The number of nitriles is 1. The quantitative estimate of drug-likeness (QED) is 0.732. The van der Waals surface area contributed by atoms with E-state index in [1.807, 2.05) is 19.2 Å². The maximum Gasteiger partial charge on any atom is 0.280 e. The Morgan fingerprint density at radius 2 is 1.96 bits per heavy atom. The van der Waals surface area contributed by atoms with Crippen molar-refractivity contribution in [3.63, 3.8) is 0 Å². The van der Waals surface area contributed by atoms with Gasteiger partial charge in [0.25, 0.3) is 5.56 Å². The molecule has 0 aliphatic heterocycles. The van der Waals surface area contributed by atoms with Crippen LogP contribution in [0.15, 0.2) is 52.3 Å². The smallest absolute Gasteiger partial charge is 0.280 e. The van der Waals surface area contributed by atoms with Crippen LogP contribution in [0.1, 0.15) is 11.3 Å². The van der Waals surface area contributed by atoms with Crippen LogP contribution in [0.3, 0.4) is 0 Å². The minimum atomic E-state index is -0.368. The van der Waals surface area contributed by atoms with Crippen LogP contribution >= 0.6 is 0 Å². The molecule has 0 spiro atoms. The lowest BCUT2D eigenvalue weighted by Crippen LogP contribution is -2.16. The number of rotatable bonds is 2. The third-order valence-electron chi connectivity index (χ3n) is 3.70. The van der Waals surface area contributed by atoms with E-state index in [0.717, 1.165) is 16.2 Å². The second kappa shape index (κ2) is 6.25. The fraction of sp³-hybridized carbons (Fsp3) is 0.111. The highest BCUT2D eigenvalue weighted by molar-refractivity contribution is 7.85. The van der Waals surface area contributed by atoms with E-state index in [-0.39, 0.29) is 15.9 Å². The van der Waals surface area contributed by atoms with Crippen LogP contribution in [-0.4, -0.2) is 21.0 Å². The summed E-state index contributed by atoms with van der Waals surface area (Å²) in [6, 6.07) is 12.6. The highest BCUT2D eigenvalue weighted by atomic mass is 32.2. The van der Waals surface area contributed by atoms with Crippen molar-refractivity contribution in [2.24, 2.45) is 0 Å². The molecule has 0 bridgehead atoms. The normalized spacial score (nSPS) is 10.7. The Morgan fingerprint density at radius 3 is 2.50 bits per heavy atom. The summed E-state index contributed by atoms with van der Waals surface area (Å²) in [4.78, 5) is 18.0. The monoisotopic (exact) mass is 335 g/mol. The molecule has 2 aromatic heterocycles. The van der Waals surface area contributed by atoms with Gasteiger partial charge in [0.2, 0.25) is 0 Å². The highest BCUT2D eigenvalue weighted by Crippen LogP contribution is 2.20. The van der Waals surface area contributed by atoms with Crippen LogP contribution < -0.4 is 5.56 Å². The van der Waals surface area contributed by atoms with Gasteiger partial charge in [-0.3, -0.25) is 9.89 Å². The Kier molecular flexibility index (Phi) is 4.13. The topological polar surface area (TPSA) is 74.5 Å². The Balaban J connectivity index is 2.08. The lowest BCUT2D eigenvalue weighted by Gasteiger charge is -2.10. The number of H-pyrrole nitrogens is 1. The summed E-state index contributed by atoms with van der Waals surface area (Å²) in [5.74, 6) is 0.511. The summed E-state index contributed by atoms with van der Waals surface area (Å²) < 4.78 is 1.41. The molecule has 2 heterocycles. The van der Waals surface area contributed by atoms with Crippen molar-refractivity contribution in [1.29, 1.82) is 5.26 Å². The van der Waals surface area contributed by atoms with E-state index in [1.165, 1.54) is 4.68 Å². The van der Waals surface area contributed by atoms with Crippen LogP contribution in [0, 0.1) is 23.9 Å². The summed E-state index contributed by atoms with van der Waals surface area (Å²) >= 11 is 0. The fourth-order valence-corrected chi connectivity index (χ4v) is 2.96. The first-order valence-electron chi connectivity index (χ1n) is 7.20. The van der Waals surface area contributed by atoms with Crippen LogP contribution in [0.4, 0.5) is 0 Å². The predicted octanol–water partition coefficient (Wildman–Crippen LogP) is 2.60. The number of nitrogens with one attached hydrogen (secondary N) is 1. The summed E-state index contributed by atoms with van der Waals surface area (Å²) in [5, 5.41) is 11.9. The highest BCUT2D eigenvalue weighted by Gasteiger charge is 2.14. The zero-order valence-electron chi connectivity index (χ0n) is 13.3. The Bertz CT molecular complexity index is 1060. The SMILES string of the molecule is C#[S-](C)c1ccc(-n2[nH]c(C)c(-c3ccc(C#N)cc3)c2=O)nc1. The molecule has 1 N–H and O–H groups in total. The average Bonchev–Trinajstić information content (AvgIpc) is 2.89. The van der Waals surface area contributed by atoms with Gasteiger partial charge in [-0.25, -0.2) is 9.67 Å². The van der Waals surface area contributed by atoms with Gasteiger partial charge in [-0.1, -0.05) is 18.2 Å². The first-order valence-corrected chi connectivity index (χ1v) is 8.90. The minimum Gasteiger partial charge on any atom is -0.431 e. The van der Waals surface area contributed by atoms with Gasteiger partial charge < -0.3 is 16.0 Å². The number of aromatic amines is 1. The van der Waals surface area contributed by atoms with Gasteiger partial charge in [0.15, 0.2) is 5.82 Å². The van der Waals surface area contributed by atoms with Gasteiger partial charge >= 0.3 is 0 Å². The Hall–Kier alpha value is -3.00. The lowest BCUT2D eigenvalue weighted by atomic mass is 10.1. The molecule has 0 atom stereocenters. The van der Waals surface area contributed by atoms with E-state index >= 15 is 0 Å². The van der Waals surface area contributed by atoms with Crippen LogP contribution in [0.5, 0.6) is 0 Å². The molecule has 0 aliphatic carbocycles. The molecule has 24 heavy (non-hydrogen) atoms. The summed E-state index contributed by atoms with van der Waals surface area (Å²) in [7, 11) is -0.368. The number of aryl methyl sites for hydroxylation is 1.